The lowest BCUT2D eigenvalue weighted by molar-refractivity contribution is -0.137. The number of thiol groups is 1. The van der Waals surface area contributed by atoms with Gasteiger partial charge in [0.2, 0.25) is 5.91 Å². The molecule has 7 heteroatoms. The molecule has 1 amide bonds. The van der Waals surface area contributed by atoms with Crippen LogP contribution in [0.2, 0.25) is 0 Å². The molecule has 0 aliphatic rings. The van der Waals surface area contributed by atoms with E-state index in [1.54, 1.807) is 11.8 Å². The van der Waals surface area contributed by atoms with Crippen molar-refractivity contribution >= 4 is 47.6 Å². The largest absolute Gasteiger partial charge is 0.481 e. The summed E-state index contributed by atoms with van der Waals surface area (Å²) < 4.78 is 0. The number of carbonyl (C=O) groups excluding carboxylic acids is 1. The van der Waals surface area contributed by atoms with Gasteiger partial charge in [-0.3, -0.25) is 9.59 Å². The zero-order valence-corrected chi connectivity index (χ0v) is 17.0. The minimum absolute atomic E-state index is 0.0597. The number of nitrogens with one attached hydrogen (secondary N) is 1. The van der Waals surface area contributed by atoms with E-state index in [1.807, 2.05) is 51.0 Å². The fraction of sp³-hybridized carbons (Fsp3) is 0.556. The molecule has 0 fully saturated rings. The number of anilines is 2. The number of thioether (sulfide) groups is 1. The Morgan fingerprint density at radius 3 is 2.56 bits per heavy atom. The predicted molar refractivity (Wildman–Crippen MR) is 110 cm³/mol. The average Bonchev–Trinajstić information content (AvgIpc) is 2.55. The van der Waals surface area contributed by atoms with Gasteiger partial charge >= 0.3 is 5.97 Å². The van der Waals surface area contributed by atoms with Gasteiger partial charge in [-0.05, 0) is 29.9 Å². The van der Waals surface area contributed by atoms with Gasteiger partial charge in [0.25, 0.3) is 0 Å². The van der Waals surface area contributed by atoms with Crippen molar-refractivity contribution in [3.8, 4) is 0 Å². The molecule has 0 aromatic heterocycles. The van der Waals surface area contributed by atoms with E-state index >= 15 is 0 Å². The fourth-order valence-corrected chi connectivity index (χ4v) is 3.06. The number of nitrogens with zero attached hydrogens (tertiary/aromatic N) is 1. The van der Waals surface area contributed by atoms with Crippen LogP contribution >= 0.6 is 24.4 Å². The van der Waals surface area contributed by atoms with Crippen LogP contribution in [-0.4, -0.2) is 42.6 Å². The van der Waals surface area contributed by atoms with Gasteiger partial charge in [-0.15, -0.1) is 0 Å². The van der Waals surface area contributed by atoms with Gasteiger partial charge < -0.3 is 15.3 Å². The Labute approximate surface area is 160 Å². The van der Waals surface area contributed by atoms with Crippen molar-refractivity contribution in [2.45, 2.75) is 32.4 Å². The minimum Gasteiger partial charge on any atom is -0.481 e. The van der Waals surface area contributed by atoms with Gasteiger partial charge in [0, 0.05) is 43.4 Å². The third kappa shape index (κ3) is 7.20. The van der Waals surface area contributed by atoms with E-state index < -0.39 is 11.4 Å². The zero-order valence-electron chi connectivity index (χ0n) is 15.3. The van der Waals surface area contributed by atoms with E-state index in [4.69, 9.17) is 5.11 Å². The molecule has 0 unspecified atom stereocenters. The number of carbonyl (C=O) groups is 2. The fourth-order valence-electron chi connectivity index (χ4n) is 1.96. The number of aliphatic carboxylic acids is 1. The van der Waals surface area contributed by atoms with Crippen LogP contribution in [0.4, 0.5) is 11.4 Å². The maximum atomic E-state index is 12.5. The third-order valence-electron chi connectivity index (χ3n) is 3.80. The topological polar surface area (TPSA) is 69.6 Å². The molecule has 2 N–H and O–H groups in total. The Morgan fingerprint density at radius 2 is 2.00 bits per heavy atom. The molecule has 0 radical (unpaired) electrons. The molecule has 0 spiro atoms. The molecule has 140 valence electrons. The van der Waals surface area contributed by atoms with Crippen molar-refractivity contribution in [1.29, 1.82) is 0 Å². The smallest absolute Gasteiger partial charge is 0.303 e. The number of carboxylic acids is 1. The van der Waals surface area contributed by atoms with Gasteiger partial charge in [0.1, 0.15) is 0 Å². The van der Waals surface area contributed by atoms with Gasteiger partial charge in [0.05, 0.1) is 5.41 Å². The first-order valence-electron chi connectivity index (χ1n) is 8.19. The standard InChI is InChI=1S/C18H28N2O3S2/c1-18(2,12-24)17(23)19-15-10-14(20(3)4)8-7-13(15)11-25-9-5-6-16(21)22/h7-8,10,24H,5-6,9,11-12H2,1-4H3,(H,19,23)(H,21,22). The van der Waals surface area contributed by atoms with Crippen molar-refractivity contribution in [3.63, 3.8) is 0 Å². The van der Waals surface area contributed by atoms with Gasteiger partial charge in [-0.1, -0.05) is 19.9 Å². The number of amides is 1. The molecule has 0 heterocycles. The summed E-state index contributed by atoms with van der Waals surface area (Å²) in [4.78, 5) is 25.1. The van der Waals surface area contributed by atoms with Crippen molar-refractivity contribution in [2.24, 2.45) is 5.41 Å². The quantitative estimate of drug-likeness (QED) is 0.423. The summed E-state index contributed by atoms with van der Waals surface area (Å²) in [5.74, 6) is 1.14. The average molecular weight is 385 g/mol. The Morgan fingerprint density at radius 1 is 1.32 bits per heavy atom. The van der Waals surface area contributed by atoms with Gasteiger partial charge in [0.15, 0.2) is 0 Å². The SMILES string of the molecule is CN(C)c1ccc(CSCCCC(=O)O)c(NC(=O)C(C)(C)CS)c1. The maximum absolute atomic E-state index is 12.5. The summed E-state index contributed by atoms with van der Waals surface area (Å²) in [6, 6.07) is 6.01. The van der Waals surface area contributed by atoms with Gasteiger partial charge in [-0.2, -0.15) is 24.4 Å². The lowest BCUT2D eigenvalue weighted by Gasteiger charge is -2.23. The Hall–Kier alpha value is -1.34. The van der Waals surface area contributed by atoms with E-state index in [1.165, 1.54) is 0 Å². The van der Waals surface area contributed by atoms with Crippen LogP contribution in [0.5, 0.6) is 0 Å². The minimum atomic E-state index is -0.766. The monoisotopic (exact) mass is 384 g/mol. The molecule has 1 aromatic carbocycles. The van der Waals surface area contributed by atoms with Crippen LogP contribution in [0.15, 0.2) is 18.2 Å². The number of rotatable bonds is 10. The van der Waals surface area contributed by atoms with Crippen molar-refractivity contribution < 1.29 is 14.7 Å². The zero-order chi connectivity index (χ0) is 19.0. The molecule has 0 aliphatic heterocycles. The van der Waals surface area contributed by atoms with E-state index in [-0.39, 0.29) is 12.3 Å². The van der Waals surface area contributed by atoms with Crippen molar-refractivity contribution in [1.82, 2.24) is 0 Å². The molecule has 0 saturated heterocycles. The summed E-state index contributed by atoms with van der Waals surface area (Å²) in [6.45, 7) is 3.73. The van der Waals surface area contributed by atoms with E-state index in [2.05, 4.69) is 17.9 Å². The Balaban J connectivity index is 2.85. The first-order valence-corrected chi connectivity index (χ1v) is 9.98. The summed E-state index contributed by atoms with van der Waals surface area (Å²) in [7, 11) is 3.91. The molecular formula is C18H28N2O3S2. The summed E-state index contributed by atoms with van der Waals surface area (Å²) in [5.41, 5.74) is 2.30. The molecule has 0 saturated carbocycles. The molecule has 5 nitrogen and oxygen atoms in total. The molecule has 1 aromatic rings. The van der Waals surface area contributed by atoms with E-state index in [0.29, 0.717) is 12.2 Å². The maximum Gasteiger partial charge on any atom is 0.303 e. The first kappa shape index (κ1) is 21.7. The number of hydrogen-bond acceptors (Lipinski definition) is 5. The number of benzene rings is 1. The Kier molecular flexibility index (Phi) is 8.65. The second kappa shape index (κ2) is 9.97. The molecule has 1 rings (SSSR count). The second-order valence-electron chi connectivity index (χ2n) is 6.78. The normalized spacial score (nSPS) is 11.2. The summed E-state index contributed by atoms with van der Waals surface area (Å²) in [5, 5.41) is 11.7. The lowest BCUT2D eigenvalue weighted by atomic mass is 9.95. The van der Waals surface area contributed by atoms with Crippen molar-refractivity contribution in [3.05, 3.63) is 23.8 Å². The van der Waals surface area contributed by atoms with Crippen LogP contribution in [0.3, 0.4) is 0 Å². The molecule has 0 atom stereocenters. The summed E-state index contributed by atoms with van der Waals surface area (Å²) >= 11 is 5.93. The van der Waals surface area contributed by atoms with E-state index in [0.717, 1.165) is 28.4 Å². The first-order chi connectivity index (χ1) is 11.7. The Bertz CT molecular complexity index is 604. The van der Waals surface area contributed by atoms with Crippen LogP contribution in [-0.2, 0) is 15.3 Å². The van der Waals surface area contributed by atoms with Crippen LogP contribution in [0.1, 0.15) is 32.3 Å². The molecular weight excluding hydrogens is 356 g/mol. The van der Waals surface area contributed by atoms with E-state index in [9.17, 15) is 9.59 Å². The van der Waals surface area contributed by atoms with Crippen LogP contribution < -0.4 is 10.2 Å². The highest BCUT2D eigenvalue weighted by Gasteiger charge is 2.26. The van der Waals surface area contributed by atoms with Crippen LogP contribution in [0, 0.1) is 5.41 Å². The van der Waals surface area contributed by atoms with Gasteiger partial charge in [-0.25, -0.2) is 0 Å². The predicted octanol–water partition coefficient (Wildman–Crippen LogP) is 3.75. The highest BCUT2D eigenvalue weighted by Crippen LogP contribution is 2.28. The lowest BCUT2D eigenvalue weighted by Crippen LogP contribution is -2.32. The summed E-state index contributed by atoms with van der Waals surface area (Å²) in [6.07, 6.45) is 0.830. The third-order valence-corrected chi connectivity index (χ3v) is 5.69. The highest BCUT2D eigenvalue weighted by atomic mass is 32.2. The molecule has 0 aliphatic carbocycles. The number of hydrogen-bond donors (Lipinski definition) is 3. The highest BCUT2D eigenvalue weighted by molar-refractivity contribution is 7.98. The molecule has 25 heavy (non-hydrogen) atoms. The molecule has 0 bridgehead atoms. The van der Waals surface area contributed by atoms with Crippen molar-refractivity contribution in [2.75, 3.05) is 35.8 Å². The second-order valence-corrected chi connectivity index (χ2v) is 8.20. The van der Waals surface area contributed by atoms with Crippen LogP contribution in [0.25, 0.3) is 0 Å². The number of carboxylic acid groups (broad SMARTS) is 1.